The highest BCUT2D eigenvalue weighted by Gasteiger charge is 2.19. The van der Waals surface area contributed by atoms with Gasteiger partial charge in [-0.05, 0) is 13.3 Å². The molecule has 102 valence electrons. The lowest BCUT2D eigenvalue weighted by Gasteiger charge is -2.10. The summed E-state index contributed by atoms with van der Waals surface area (Å²) in [6.07, 6.45) is 2.44. The number of aromatic nitrogens is 3. The predicted molar refractivity (Wildman–Crippen MR) is 77.1 cm³/mol. The van der Waals surface area contributed by atoms with Crippen LogP contribution in [0.2, 0.25) is 10.2 Å². The number of aryl methyl sites for hydroxylation is 2. The first-order valence-electron chi connectivity index (χ1n) is 6.07. The van der Waals surface area contributed by atoms with E-state index in [2.05, 4.69) is 10.1 Å². The number of methoxy groups -OCH3 is 1. The number of halogens is 2. The monoisotopic (exact) mass is 299 g/mol. The van der Waals surface area contributed by atoms with Gasteiger partial charge in [0.15, 0.2) is 0 Å². The highest BCUT2D eigenvalue weighted by molar-refractivity contribution is 6.34. The molecule has 19 heavy (non-hydrogen) atoms. The molecule has 0 aromatic carbocycles. The first-order valence-corrected chi connectivity index (χ1v) is 6.83. The number of nitrogens with zero attached hydrogens (tertiary/aromatic N) is 3. The van der Waals surface area contributed by atoms with E-state index in [1.165, 1.54) is 0 Å². The molecule has 0 amide bonds. The molecule has 0 unspecified atom stereocenters. The Morgan fingerprint density at radius 3 is 2.63 bits per heavy atom. The summed E-state index contributed by atoms with van der Waals surface area (Å²) in [4.78, 5) is 4.10. The fourth-order valence-electron chi connectivity index (χ4n) is 1.96. The maximum Gasteiger partial charge on any atom is 0.132 e. The summed E-state index contributed by atoms with van der Waals surface area (Å²) in [5.41, 5.74) is 2.49. The third kappa shape index (κ3) is 2.55. The Morgan fingerprint density at radius 1 is 1.32 bits per heavy atom. The van der Waals surface area contributed by atoms with Crippen molar-refractivity contribution in [2.24, 2.45) is 0 Å². The quantitative estimate of drug-likeness (QED) is 0.805. The van der Waals surface area contributed by atoms with Gasteiger partial charge in [0.05, 0.1) is 29.1 Å². The topological polar surface area (TPSA) is 39.9 Å². The number of pyridine rings is 1. The van der Waals surface area contributed by atoms with Gasteiger partial charge in [-0.3, -0.25) is 4.68 Å². The molecule has 2 heterocycles. The molecule has 0 N–H and O–H groups in total. The lowest BCUT2D eigenvalue weighted by Crippen LogP contribution is -2.01. The molecular formula is C13H15Cl2N3O. The van der Waals surface area contributed by atoms with Gasteiger partial charge < -0.3 is 4.74 Å². The van der Waals surface area contributed by atoms with Gasteiger partial charge in [0.2, 0.25) is 0 Å². The average Bonchev–Trinajstić information content (AvgIpc) is 2.75. The van der Waals surface area contributed by atoms with E-state index in [0.29, 0.717) is 15.9 Å². The van der Waals surface area contributed by atoms with Crippen molar-refractivity contribution in [2.75, 3.05) is 7.11 Å². The van der Waals surface area contributed by atoms with Crippen molar-refractivity contribution in [3.8, 4) is 17.0 Å². The highest BCUT2D eigenvalue weighted by Crippen LogP contribution is 2.37. The van der Waals surface area contributed by atoms with Gasteiger partial charge in [-0.15, -0.1) is 0 Å². The summed E-state index contributed by atoms with van der Waals surface area (Å²) >= 11 is 12.3. The normalized spacial score (nSPS) is 10.8. The van der Waals surface area contributed by atoms with Crippen LogP contribution in [0.25, 0.3) is 11.3 Å². The Balaban J connectivity index is 2.67. The van der Waals surface area contributed by atoms with Crippen LogP contribution in [0, 0.1) is 0 Å². The lowest BCUT2D eigenvalue weighted by molar-refractivity contribution is 0.415. The molecule has 0 radical (unpaired) electrons. The Morgan fingerprint density at radius 2 is 2.05 bits per heavy atom. The third-order valence-electron chi connectivity index (χ3n) is 2.90. The van der Waals surface area contributed by atoms with Gasteiger partial charge in [-0.25, -0.2) is 4.98 Å². The number of rotatable bonds is 4. The zero-order valence-electron chi connectivity index (χ0n) is 11.1. The summed E-state index contributed by atoms with van der Waals surface area (Å²) in [5.74, 6) is 0.638. The fourth-order valence-corrected chi connectivity index (χ4v) is 2.48. The van der Waals surface area contributed by atoms with Crippen molar-refractivity contribution in [3.63, 3.8) is 0 Å². The van der Waals surface area contributed by atoms with E-state index in [-0.39, 0.29) is 0 Å². The van der Waals surface area contributed by atoms with Crippen LogP contribution in [-0.4, -0.2) is 21.9 Å². The molecule has 2 aromatic heterocycles. The Labute approximate surface area is 122 Å². The van der Waals surface area contributed by atoms with Gasteiger partial charge >= 0.3 is 0 Å². The second-order valence-electron chi connectivity index (χ2n) is 3.99. The van der Waals surface area contributed by atoms with Crippen LogP contribution in [0.5, 0.6) is 5.75 Å². The van der Waals surface area contributed by atoms with Gasteiger partial charge in [-0.1, -0.05) is 30.1 Å². The van der Waals surface area contributed by atoms with Crippen molar-refractivity contribution in [1.82, 2.24) is 14.8 Å². The van der Waals surface area contributed by atoms with E-state index >= 15 is 0 Å². The molecule has 0 aliphatic heterocycles. The minimum atomic E-state index is 0.384. The maximum absolute atomic E-state index is 6.41. The summed E-state index contributed by atoms with van der Waals surface area (Å²) in [5, 5.41) is 5.52. The summed E-state index contributed by atoms with van der Waals surface area (Å²) in [7, 11) is 1.59. The summed E-state index contributed by atoms with van der Waals surface area (Å²) in [6, 6.07) is 1.67. The second-order valence-corrected chi connectivity index (χ2v) is 4.75. The first-order chi connectivity index (χ1) is 9.12. The van der Waals surface area contributed by atoms with Gasteiger partial charge in [-0.2, -0.15) is 5.10 Å². The van der Waals surface area contributed by atoms with Gasteiger partial charge in [0.1, 0.15) is 10.9 Å². The Hall–Kier alpha value is -1.26. The van der Waals surface area contributed by atoms with E-state index < -0.39 is 0 Å². The smallest absolute Gasteiger partial charge is 0.132 e. The molecule has 2 aromatic rings. The molecule has 0 saturated carbocycles. The van der Waals surface area contributed by atoms with E-state index in [1.54, 1.807) is 19.4 Å². The Bertz CT molecular complexity index is 596. The van der Waals surface area contributed by atoms with Crippen molar-refractivity contribution < 1.29 is 4.74 Å². The number of hydrogen-bond donors (Lipinski definition) is 0. The Kier molecular flexibility index (Phi) is 4.32. The maximum atomic E-state index is 6.41. The molecule has 0 spiro atoms. The van der Waals surface area contributed by atoms with Crippen LogP contribution >= 0.6 is 23.2 Å². The average molecular weight is 300 g/mol. The van der Waals surface area contributed by atoms with E-state index in [9.17, 15) is 0 Å². The molecule has 0 aliphatic rings. The van der Waals surface area contributed by atoms with Crippen LogP contribution in [0.4, 0.5) is 0 Å². The van der Waals surface area contributed by atoms with E-state index in [0.717, 1.165) is 29.9 Å². The third-order valence-corrected chi connectivity index (χ3v) is 3.51. The number of ether oxygens (including phenoxy) is 1. The largest absolute Gasteiger partial charge is 0.496 e. The van der Waals surface area contributed by atoms with Crippen molar-refractivity contribution in [1.29, 1.82) is 0 Å². The highest BCUT2D eigenvalue weighted by atomic mass is 35.5. The summed E-state index contributed by atoms with van der Waals surface area (Å²) < 4.78 is 7.21. The number of hydrogen-bond acceptors (Lipinski definition) is 3. The molecule has 0 bridgehead atoms. The predicted octanol–water partition coefficient (Wildman–Crippen LogP) is 3.84. The fraction of sp³-hybridized carbons (Fsp3) is 0.385. The summed E-state index contributed by atoms with van der Waals surface area (Å²) in [6.45, 7) is 4.76. The van der Waals surface area contributed by atoms with Crippen LogP contribution in [0.3, 0.4) is 0 Å². The van der Waals surface area contributed by atoms with E-state index in [4.69, 9.17) is 27.9 Å². The van der Waals surface area contributed by atoms with Crippen LogP contribution in [0.15, 0.2) is 12.3 Å². The van der Waals surface area contributed by atoms with Crippen molar-refractivity contribution in [2.45, 2.75) is 26.8 Å². The molecule has 2 rings (SSSR count). The molecular weight excluding hydrogens is 285 g/mol. The van der Waals surface area contributed by atoms with Crippen LogP contribution in [0.1, 0.15) is 19.5 Å². The van der Waals surface area contributed by atoms with Gasteiger partial charge in [0.25, 0.3) is 0 Å². The molecule has 4 nitrogen and oxygen atoms in total. The molecule has 6 heteroatoms. The molecule has 0 atom stereocenters. The second kappa shape index (κ2) is 5.80. The zero-order valence-corrected chi connectivity index (χ0v) is 12.6. The first kappa shape index (κ1) is 14.2. The van der Waals surface area contributed by atoms with Gasteiger partial charge in [0, 0.05) is 18.8 Å². The van der Waals surface area contributed by atoms with Crippen molar-refractivity contribution >= 4 is 23.2 Å². The van der Waals surface area contributed by atoms with Crippen molar-refractivity contribution in [3.05, 3.63) is 28.1 Å². The SMILES string of the molecule is CCc1nn(CC)c(-c2cnc(Cl)cc2OC)c1Cl. The van der Waals surface area contributed by atoms with Crippen LogP contribution in [-0.2, 0) is 13.0 Å². The minimum absolute atomic E-state index is 0.384. The zero-order chi connectivity index (χ0) is 14.0. The standard InChI is InChI=1S/C13H15Cl2N3O/c1-4-9-12(15)13(18(5-2)17-9)8-7-16-11(14)6-10(8)19-3/h6-7H,4-5H2,1-3H3. The lowest BCUT2D eigenvalue weighted by atomic mass is 10.1. The molecule has 0 aliphatic carbocycles. The minimum Gasteiger partial charge on any atom is -0.496 e. The molecule has 0 fully saturated rings. The van der Waals surface area contributed by atoms with E-state index in [1.807, 2.05) is 18.5 Å². The van der Waals surface area contributed by atoms with Crippen LogP contribution < -0.4 is 4.74 Å². The molecule has 0 saturated heterocycles.